The van der Waals surface area contributed by atoms with E-state index in [0.29, 0.717) is 17.5 Å². The zero-order valence-electron chi connectivity index (χ0n) is 27.3. The molecule has 8 aromatic rings. The molecule has 9 rings (SSSR count). The summed E-state index contributed by atoms with van der Waals surface area (Å²) in [7, 11) is 0. The fourth-order valence-corrected chi connectivity index (χ4v) is 7.29. The van der Waals surface area contributed by atoms with Crippen LogP contribution in [0.5, 0.6) is 0 Å². The van der Waals surface area contributed by atoms with Crippen LogP contribution in [0.15, 0.2) is 158 Å². The maximum absolute atomic E-state index is 5.14. The monoisotopic (exact) mass is 628 g/mol. The Morgan fingerprint density at radius 1 is 0.429 bits per heavy atom. The smallest absolute Gasteiger partial charge is 0.164 e. The molecule has 0 saturated carbocycles. The third-order valence-electron chi connectivity index (χ3n) is 9.76. The quantitative estimate of drug-likeness (QED) is 0.190. The molecule has 49 heavy (non-hydrogen) atoms. The molecule has 0 fully saturated rings. The van der Waals surface area contributed by atoms with Crippen LogP contribution in [0, 0.1) is 0 Å². The molecule has 2 aromatic heterocycles. The van der Waals surface area contributed by atoms with E-state index in [2.05, 4.69) is 146 Å². The zero-order valence-corrected chi connectivity index (χ0v) is 27.3. The number of nitrogens with zero attached hydrogens (tertiary/aromatic N) is 4. The normalized spacial score (nSPS) is 12.9. The van der Waals surface area contributed by atoms with Gasteiger partial charge in [-0.2, -0.15) is 0 Å². The summed E-state index contributed by atoms with van der Waals surface area (Å²) in [5.41, 5.74) is 12.1. The lowest BCUT2D eigenvalue weighted by Crippen LogP contribution is -2.15. The molecule has 0 amide bonds. The molecule has 0 aliphatic heterocycles. The van der Waals surface area contributed by atoms with Crippen molar-refractivity contribution in [3.8, 4) is 67.7 Å². The second-order valence-corrected chi connectivity index (χ2v) is 13.1. The van der Waals surface area contributed by atoms with E-state index in [-0.39, 0.29) is 5.41 Å². The Morgan fingerprint density at radius 2 is 1.04 bits per heavy atom. The minimum absolute atomic E-state index is 0.189. The second-order valence-electron chi connectivity index (χ2n) is 13.1. The van der Waals surface area contributed by atoms with E-state index in [1.165, 1.54) is 33.0 Å². The summed E-state index contributed by atoms with van der Waals surface area (Å²) in [5, 5.41) is 2.57. The Morgan fingerprint density at radius 3 is 1.82 bits per heavy atom. The van der Waals surface area contributed by atoms with Gasteiger partial charge in [0.2, 0.25) is 0 Å². The lowest BCUT2D eigenvalue weighted by Gasteiger charge is -2.23. The molecule has 4 heteroatoms. The Kier molecular flexibility index (Phi) is 6.77. The molecule has 6 aromatic carbocycles. The minimum atomic E-state index is -0.189. The fraction of sp³-hybridized carbons (Fsp3) is 0.0667. The number of rotatable bonds is 5. The van der Waals surface area contributed by atoms with Gasteiger partial charge in [0.25, 0.3) is 0 Å². The largest absolute Gasteiger partial charge is 0.256 e. The molecule has 0 unspecified atom stereocenters. The Bertz CT molecular complexity index is 2500. The first-order valence-corrected chi connectivity index (χ1v) is 16.6. The number of hydrogen-bond donors (Lipinski definition) is 0. The van der Waals surface area contributed by atoms with E-state index in [9.17, 15) is 0 Å². The Labute approximate surface area is 285 Å². The van der Waals surface area contributed by atoms with Crippen LogP contribution in [0.25, 0.3) is 78.4 Å². The van der Waals surface area contributed by atoms with Gasteiger partial charge < -0.3 is 0 Å². The minimum Gasteiger partial charge on any atom is -0.256 e. The molecule has 0 bridgehead atoms. The van der Waals surface area contributed by atoms with Gasteiger partial charge >= 0.3 is 0 Å². The first-order chi connectivity index (χ1) is 24.0. The van der Waals surface area contributed by atoms with E-state index >= 15 is 0 Å². The molecular formula is C45H32N4. The van der Waals surface area contributed by atoms with Gasteiger partial charge in [-0.25, -0.2) is 15.0 Å². The van der Waals surface area contributed by atoms with Crippen LogP contribution in [0.4, 0.5) is 0 Å². The van der Waals surface area contributed by atoms with Crippen molar-refractivity contribution in [1.29, 1.82) is 0 Å². The van der Waals surface area contributed by atoms with Gasteiger partial charge in [0.05, 0.1) is 5.69 Å². The van der Waals surface area contributed by atoms with E-state index in [1.807, 2.05) is 30.5 Å². The molecule has 0 N–H and O–H groups in total. The maximum Gasteiger partial charge on any atom is 0.164 e. The number of fused-ring (bicyclic) bond motifs is 5. The fourth-order valence-electron chi connectivity index (χ4n) is 7.29. The lowest BCUT2D eigenvalue weighted by molar-refractivity contribution is 0.666. The van der Waals surface area contributed by atoms with Gasteiger partial charge in [0, 0.05) is 33.9 Å². The van der Waals surface area contributed by atoms with Gasteiger partial charge in [-0.1, -0.05) is 141 Å². The zero-order chi connectivity index (χ0) is 33.0. The van der Waals surface area contributed by atoms with Crippen LogP contribution < -0.4 is 0 Å². The summed E-state index contributed by atoms with van der Waals surface area (Å²) >= 11 is 0. The lowest BCUT2D eigenvalue weighted by atomic mass is 9.80. The average molecular weight is 629 g/mol. The van der Waals surface area contributed by atoms with Crippen molar-refractivity contribution in [3.05, 3.63) is 169 Å². The standard InChI is InChI=1S/C45H32N4/c1-45(2)39-28-35(23-24-37(39)38-25-22-30-13-6-7-16-36(30)41(38)45)44-48-42(32-20-18-31(19-21-32)40-17-8-9-26-46-40)47-43(49-44)34-15-10-14-33(27-34)29-11-4-3-5-12-29/h3-28H,1-2H3. The van der Waals surface area contributed by atoms with Crippen LogP contribution in [-0.4, -0.2) is 19.9 Å². The summed E-state index contributed by atoms with van der Waals surface area (Å²) in [6.45, 7) is 4.66. The van der Waals surface area contributed by atoms with Crippen LogP contribution in [-0.2, 0) is 5.41 Å². The topological polar surface area (TPSA) is 51.6 Å². The van der Waals surface area contributed by atoms with Gasteiger partial charge in [-0.3, -0.25) is 4.98 Å². The van der Waals surface area contributed by atoms with Crippen LogP contribution in [0.1, 0.15) is 25.0 Å². The highest BCUT2D eigenvalue weighted by Crippen LogP contribution is 2.52. The number of benzene rings is 6. The molecule has 0 radical (unpaired) electrons. The van der Waals surface area contributed by atoms with E-state index in [4.69, 9.17) is 15.0 Å². The number of aromatic nitrogens is 4. The predicted octanol–water partition coefficient (Wildman–Crippen LogP) is 11.1. The summed E-state index contributed by atoms with van der Waals surface area (Å²) in [6, 6.07) is 53.0. The van der Waals surface area contributed by atoms with E-state index in [0.717, 1.165) is 39.1 Å². The summed E-state index contributed by atoms with van der Waals surface area (Å²) in [4.78, 5) is 19.8. The third kappa shape index (κ3) is 5.01. The summed E-state index contributed by atoms with van der Waals surface area (Å²) in [6.07, 6.45) is 1.82. The molecule has 0 atom stereocenters. The highest BCUT2D eigenvalue weighted by molar-refractivity contribution is 5.97. The Balaban J connectivity index is 1.19. The molecule has 0 saturated heterocycles. The van der Waals surface area contributed by atoms with Crippen molar-refractivity contribution in [2.45, 2.75) is 19.3 Å². The first-order valence-electron chi connectivity index (χ1n) is 16.6. The SMILES string of the molecule is CC1(C)c2cc(-c3nc(-c4ccc(-c5ccccn5)cc4)nc(-c4cccc(-c5ccccc5)c4)n3)ccc2-c2ccc3ccccc3c21. The van der Waals surface area contributed by atoms with Crippen molar-refractivity contribution >= 4 is 10.8 Å². The van der Waals surface area contributed by atoms with Crippen molar-refractivity contribution in [2.75, 3.05) is 0 Å². The van der Waals surface area contributed by atoms with Crippen molar-refractivity contribution in [3.63, 3.8) is 0 Å². The molecule has 232 valence electrons. The summed E-state index contributed by atoms with van der Waals surface area (Å²) in [5.74, 6) is 1.92. The highest BCUT2D eigenvalue weighted by atomic mass is 15.0. The second kappa shape index (κ2) is 11.5. The number of hydrogen-bond acceptors (Lipinski definition) is 4. The van der Waals surface area contributed by atoms with Crippen molar-refractivity contribution in [2.24, 2.45) is 0 Å². The van der Waals surface area contributed by atoms with Gasteiger partial charge in [-0.15, -0.1) is 0 Å². The molecular weight excluding hydrogens is 597 g/mol. The maximum atomic E-state index is 5.14. The molecule has 0 spiro atoms. The summed E-state index contributed by atoms with van der Waals surface area (Å²) < 4.78 is 0. The highest BCUT2D eigenvalue weighted by Gasteiger charge is 2.37. The van der Waals surface area contributed by atoms with Gasteiger partial charge in [-0.05, 0) is 68.4 Å². The molecule has 1 aliphatic carbocycles. The molecule has 1 aliphatic rings. The average Bonchev–Trinajstić information content (AvgIpc) is 3.41. The number of pyridine rings is 1. The van der Waals surface area contributed by atoms with E-state index in [1.54, 1.807) is 0 Å². The van der Waals surface area contributed by atoms with Gasteiger partial charge in [0.15, 0.2) is 17.5 Å². The Hall–Kier alpha value is -6.26. The van der Waals surface area contributed by atoms with E-state index < -0.39 is 0 Å². The molecule has 4 nitrogen and oxygen atoms in total. The van der Waals surface area contributed by atoms with Gasteiger partial charge in [0.1, 0.15) is 0 Å². The van der Waals surface area contributed by atoms with Crippen LogP contribution >= 0.6 is 0 Å². The van der Waals surface area contributed by atoms with Crippen molar-refractivity contribution in [1.82, 2.24) is 19.9 Å². The first kappa shape index (κ1) is 28.9. The predicted molar refractivity (Wildman–Crippen MR) is 200 cm³/mol. The van der Waals surface area contributed by atoms with Crippen molar-refractivity contribution < 1.29 is 0 Å². The third-order valence-corrected chi connectivity index (χ3v) is 9.76. The van der Waals surface area contributed by atoms with Crippen LogP contribution in [0.2, 0.25) is 0 Å². The molecule has 2 heterocycles. The van der Waals surface area contributed by atoms with Crippen LogP contribution in [0.3, 0.4) is 0 Å².